The summed E-state index contributed by atoms with van der Waals surface area (Å²) < 4.78 is 10.6. The molecule has 0 atom stereocenters. The van der Waals surface area contributed by atoms with Crippen molar-refractivity contribution in [3.05, 3.63) is 27.8 Å². The van der Waals surface area contributed by atoms with Crippen molar-refractivity contribution in [3.63, 3.8) is 0 Å². The summed E-state index contributed by atoms with van der Waals surface area (Å²) in [6, 6.07) is 5.11. The number of fused-ring (bicyclic) bond motifs is 1. The molecular weight excluding hydrogens is 236 g/mol. The van der Waals surface area contributed by atoms with Crippen molar-refractivity contribution < 1.29 is 14.4 Å². The van der Waals surface area contributed by atoms with Crippen LogP contribution in [0, 0.1) is 21.4 Å². The molecule has 1 heterocycles. The van der Waals surface area contributed by atoms with Crippen LogP contribution in [0.3, 0.4) is 0 Å². The predicted molar refractivity (Wildman–Crippen MR) is 62.7 cm³/mol. The van der Waals surface area contributed by atoms with Gasteiger partial charge in [0, 0.05) is 6.07 Å². The monoisotopic (exact) mass is 248 g/mol. The number of nitriles is 1. The second kappa shape index (κ2) is 4.18. The van der Waals surface area contributed by atoms with E-state index in [0.29, 0.717) is 17.9 Å². The lowest BCUT2D eigenvalue weighted by Gasteiger charge is -2.22. The molecule has 0 bridgehead atoms. The Morgan fingerprint density at radius 2 is 2.06 bits per heavy atom. The Labute approximate surface area is 104 Å². The Bertz CT molecular complexity index is 546. The number of rotatable bonds is 2. The van der Waals surface area contributed by atoms with E-state index in [4.69, 9.17) is 14.7 Å². The van der Waals surface area contributed by atoms with Crippen LogP contribution < -0.4 is 9.47 Å². The first-order valence-electron chi connectivity index (χ1n) is 5.45. The van der Waals surface area contributed by atoms with Gasteiger partial charge in [0.15, 0.2) is 5.75 Å². The van der Waals surface area contributed by atoms with Gasteiger partial charge in [0.1, 0.15) is 13.2 Å². The Balaban J connectivity index is 2.63. The van der Waals surface area contributed by atoms with Gasteiger partial charge >= 0.3 is 5.69 Å². The van der Waals surface area contributed by atoms with Gasteiger partial charge < -0.3 is 9.47 Å². The molecule has 6 nitrogen and oxygen atoms in total. The third-order valence-corrected chi connectivity index (χ3v) is 2.82. The molecule has 2 rings (SSSR count). The molecule has 18 heavy (non-hydrogen) atoms. The first-order chi connectivity index (χ1) is 8.45. The standard InChI is InChI=1S/C12H12N2O4/c1-12(2,7-13)8-5-9(14(15)16)11-10(6-8)17-3-4-18-11/h5-6H,3-4H2,1-2H3. The Morgan fingerprint density at radius 3 is 2.67 bits per heavy atom. The van der Waals surface area contributed by atoms with Crippen molar-refractivity contribution >= 4 is 5.69 Å². The third kappa shape index (κ3) is 1.95. The van der Waals surface area contributed by atoms with E-state index in [-0.39, 0.29) is 18.0 Å². The summed E-state index contributed by atoms with van der Waals surface area (Å²) in [7, 11) is 0. The van der Waals surface area contributed by atoms with E-state index in [2.05, 4.69) is 6.07 Å². The van der Waals surface area contributed by atoms with Crippen molar-refractivity contribution in [1.82, 2.24) is 0 Å². The van der Waals surface area contributed by atoms with Crippen LogP contribution in [0.4, 0.5) is 5.69 Å². The molecule has 0 saturated heterocycles. The molecule has 94 valence electrons. The molecule has 0 saturated carbocycles. The molecule has 1 aliphatic rings. The SMILES string of the molecule is CC(C)(C#N)c1cc2c(c([N+](=O)[O-])c1)OCCO2. The number of nitro benzene ring substituents is 1. The maximum absolute atomic E-state index is 11.0. The summed E-state index contributed by atoms with van der Waals surface area (Å²) in [5.41, 5.74) is -0.438. The molecule has 1 aromatic rings. The number of ether oxygens (including phenoxy) is 2. The van der Waals surface area contributed by atoms with Crippen molar-refractivity contribution in [2.24, 2.45) is 0 Å². The van der Waals surface area contributed by atoms with Gasteiger partial charge in [-0.25, -0.2) is 0 Å². The summed E-state index contributed by atoms with van der Waals surface area (Å²) in [4.78, 5) is 10.5. The van der Waals surface area contributed by atoms with Gasteiger partial charge in [-0.1, -0.05) is 0 Å². The highest BCUT2D eigenvalue weighted by molar-refractivity contribution is 5.60. The van der Waals surface area contributed by atoms with Gasteiger partial charge in [-0.05, 0) is 25.5 Å². The van der Waals surface area contributed by atoms with Crippen LogP contribution in [-0.2, 0) is 5.41 Å². The number of hydrogen-bond donors (Lipinski definition) is 0. The van der Waals surface area contributed by atoms with Gasteiger partial charge in [0.2, 0.25) is 5.75 Å². The molecule has 0 spiro atoms. The van der Waals surface area contributed by atoms with E-state index < -0.39 is 10.3 Å². The van der Waals surface area contributed by atoms with Gasteiger partial charge in [-0.2, -0.15) is 5.26 Å². The smallest absolute Gasteiger partial charge is 0.315 e. The van der Waals surface area contributed by atoms with E-state index in [9.17, 15) is 10.1 Å². The highest BCUT2D eigenvalue weighted by atomic mass is 16.6. The minimum atomic E-state index is -0.819. The average molecular weight is 248 g/mol. The van der Waals surface area contributed by atoms with E-state index in [0.717, 1.165) is 0 Å². The molecule has 0 fully saturated rings. The minimum absolute atomic E-state index is 0.142. The number of hydrogen-bond acceptors (Lipinski definition) is 5. The normalized spacial score (nSPS) is 13.8. The maximum Gasteiger partial charge on any atom is 0.315 e. The van der Waals surface area contributed by atoms with Crippen LogP contribution in [-0.4, -0.2) is 18.1 Å². The zero-order valence-corrected chi connectivity index (χ0v) is 10.1. The Hall–Kier alpha value is -2.29. The van der Waals surface area contributed by atoms with Crippen molar-refractivity contribution in [2.75, 3.05) is 13.2 Å². The second-order valence-corrected chi connectivity index (χ2v) is 4.51. The topological polar surface area (TPSA) is 85.4 Å². The zero-order chi connectivity index (χ0) is 13.3. The molecule has 0 aromatic heterocycles. The highest BCUT2D eigenvalue weighted by Gasteiger charge is 2.30. The molecule has 0 radical (unpaired) electrons. The van der Waals surface area contributed by atoms with Crippen LogP contribution >= 0.6 is 0 Å². The Kier molecular flexibility index (Phi) is 2.83. The first kappa shape index (κ1) is 12.2. The van der Waals surface area contributed by atoms with Crippen LogP contribution in [0.15, 0.2) is 12.1 Å². The van der Waals surface area contributed by atoms with Gasteiger partial charge in [-0.15, -0.1) is 0 Å². The molecule has 0 amide bonds. The van der Waals surface area contributed by atoms with Crippen molar-refractivity contribution in [1.29, 1.82) is 5.26 Å². The summed E-state index contributed by atoms with van der Waals surface area (Å²) in [6.07, 6.45) is 0. The molecule has 0 aliphatic carbocycles. The predicted octanol–water partition coefficient (Wildman–Crippen LogP) is 2.17. The summed E-state index contributed by atoms with van der Waals surface area (Å²) >= 11 is 0. The largest absolute Gasteiger partial charge is 0.486 e. The summed E-state index contributed by atoms with van der Waals surface area (Å²) in [6.45, 7) is 4.03. The van der Waals surface area contributed by atoms with Crippen molar-refractivity contribution in [3.8, 4) is 17.6 Å². The fraction of sp³-hybridized carbons (Fsp3) is 0.417. The number of nitro groups is 1. The lowest BCUT2D eigenvalue weighted by atomic mass is 9.86. The van der Waals surface area contributed by atoms with Crippen LogP contribution in [0.5, 0.6) is 11.5 Å². The average Bonchev–Trinajstić information content (AvgIpc) is 2.37. The molecular formula is C12H12N2O4. The van der Waals surface area contributed by atoms with Gasteiger partial charge in [-0.3, -0.25) is 10.1 Å². The van der Waals surface area contributed by atoms with E-state index in [1.54, 1.807) is 19.9 Å². The van der Waals surface area contributed by atoms with Gasteiger partial charge in [0.05, 0.1) is 16.4 Å². The Morgan fingerprint density at radius 1 is 1.39 bits per heavy atom. The minimum Gasteiger partial charge on any atom is -0.486 e. The van der Waals surface area contributed by atoms with Crippen LogP contribution in [0.1, 0.15) is 19.4 Å². The molecule has 0 unspecified atom stereocenters. The molecule has 6 heteroatoms. The quantitative estimate of drug-likeness (QED) is 0.591. The number of benzene rings is 1. The summed E-state index contributed by atoms with van der Waals surface area (Å²) in [5.74, 6) is 0.470. The fourth-order valence-electron chi connectivity index (χ4n) is 1.70. The van der Waals surface area contributed by atoms with Crippen LogP contribution in [0.2, 0.25) is 0 Å². The van der Waals surface area contributed by atoms with Gasteiger partial charge in [0.25, 0.3) is 0 Å². The molecule has 0 N–H and O–H groups in total. The van der Waals surface area contributed by atoms with Crippen molar-refractivity contribution in [2.45, 2.75) is 19.3 Å². The maximum atomic E-state index is 11.0. The molecule has 1 aliphatic heterocycles. The molecule has 1 aromatic carbocycles. The lowest BCUT2D eigenvalue weighted by Crippen LogP contribution is -2.19. The van der Waals surface area contributed by atoms with E-state index in [1.165, 1.54) is 6.07 Å². The van der Waals surface area contributed by atoms with E-state index >= 15 is 0 Å². The highest BCUT2D eigenvalue weighted by Crippen LogP contribution is 2.42. The zero-order valence-electron chi connectivity index (χ0n) is 10.1. The summed E-state index contributed by atoms with van der Waals surface area (Å²) in [5, 5.41) is 20.1. The first-order valence-corrected chi connectivity index (χ1v) is 5.45. The van der Waals surface area contributed by atoms with E-state index in [1.807, 2.05) is 0 Å². The lowest BCUT2D eigenvalue weighted by molar-refractivity contribution is -0.386. The third-order valence-electron chi connectivity index (χ3n) is 2.82. The number of nitrogens with zero attached hydrogens (tertiary/aromatic N) is 2. The van der Waals surface area contributed by atoms with Crippen LogP contribution in [0.25, 0.3) is 0 Å². The fourth-order valence-corrected chi connectivity index (χ4v) is 1.70. The second-order valence-electron chi connectivity index (χ2n) is 4.51.